The third-order valence-corrected chi connectivity index (χ3v) is 2.62. The number of anilines is 1. The molecule has 0 amide bonds. The first-order chi connectivity index (χ1) is 7.83. The third-order valence-electron chi connectivity index (χ3n) is 1.82. The Bertz CT molecular complexity index is 281. The maximum Gasteiger partial charge on any atom is 0.180 e. The van der Waals surface area contributed by atoms with Crippen LogP contribution in [0.15, 0.2) is 6.20 Å². The highest BCUT2D eigenvalue weighted by Crippen LogP contribution is 2.14. The Kier molecular flexibility index (Phi) is 7.07. The Morgan fingerprint density at radius 2 is 2.06 bits per heavy atom. The Labute approximate surface area is 99.5 Å². The Morgan fingerprint density at radius 3 is 2.75 bits per heavy atom. The molecule has 0 fully saturated rings. The number of nitrogens with two attached hydrogens (primary N) is 1. The molecule has 16 heavy (non-hydrogen) atoms. The van der Waals surface area contributed by atoms with Crippen molar-refractivity contribution < 1.29 is 14.2 Å². The molecule has 1 rings (SSSR count). The Morgan fingerprint density at radius 1 is 1.25 bits per heavy atom. The zero-order valence-corrected chi connectivity index (χ0v) is 10.3. The van der Waals surface area contributed by atoms with Gasteiger partial charge in [0.05, 0.1) is 24.7 Å². The summed E-state index contributed by atoms with van der Waals surface area (Å²) in [6.07, 6.45) is 2.65. The normalized spacial score (nSPS) is 10.8. The van der Waals surface area contributed by atoms with Gasteiger partial charge in [-0.15, -0.1) is 0 Å². The molecule has 1 heterocycles. The van der Waals surface area contributed by atoms with Crippen molar-refractivity contribution in [2.45, 2.75) is 13.0 Å². The standard InChI is InChI=1S/C10H18N2O3S/c1-13-3-2-4-14-5-6-15-8-9-7-12-10(11)16-9/h7H,2-6,8H2,1H3,(H2,11,12). The maximum absolute atomic E-state index is 5.49. The van der Waals surface area contributed by atoms with Crippen LogP contribution in [0.1, 0.15) is 11.3 Å². The van der Waals surface area contributed by atoms with Crippen LogP contribution in [0.25, 0.3) is 0 Å². The fraction of sp³-hybridized carbons (Fsp3) is 0.700. The van der Waals surface area contributed by atoms with E-state index in [9.17, 15) is 0 Å². The van der Waals surface area contributed by atoms with Crippen molar-refractivity contribution >= 4 is 16.5 Å². The molecular formula is C10H18N2O3S. The first kappa shape index (κ1) is 13.4. The van der Waals surface area contributed by atoms with Crippen molar-refractivity contribution in [3.05, 3.63) is 11.1 Å². The number of nitrogen functional groups attached to an aromatic ring is 1. The molecule has 0 atom stereocenters. The molecule has 0 aliphatic carbocycles. The second kappa shape index (κ2) is 8.46. The quantitative estimate of drug-likeness (QED) is 0.665. The maximum atomic E-state index is 5.49. The van der Waals surface area contributed by atoms with Gasteiger partial charge in [-0.05, 0) is 6.42 Å². The Balaban J connectivity index is 1.88. The smallest absolute Gasteiger partial charge is 0.180 e. The van der Waals surface area contributed by atoms with Crippen LogP contribution in [-0.2, 0) is 20.8 Å². The van der Waals surface area contributed by atoms with E-state index in [1.54, 1.807) is 13.3 Å². The van der Waals surface area contributed by atoms with Crippen molar-refractivity contribution in [3.63, 3.8) is 0 Å². The molecule has 0 spiro atoms. The van der Waals surface area contributed by atoms with Crippen LogP contribution < -0.4 is 5.73 Å². The number of ether oxygens (including phenoxy) is 3. The molecule has 0 aliphatic rings. The van der Waals surface area contributed by atoms with E-state index in [0.717, 1.165) is 17.9 Å². The van der Waals surface area contributed by atoms with Crippen molar-refractivity contribution in [1.29, 1.82) is 0 Å². The van der Waals surface area contributed by atoms with Gasteiger partial charge in [-0.2, -0.15) is 0 Å². The van der Waals surface area contributed by atoms with E-state index >= 15 is 0 Å². The molecule has 0 aliphatic heterocycles. The molecule has 2 N–H and O–H groups in total. The fourth-order valence-electron chi connectivity index (χ4n) is 1.09. The highest BCUT2D eigenvalue weighted by molar-refractivity contribution is 7.15. The zero-order chi connectivity index (χ0) is 11.6. The minimum atomic E-state index is 0.552. The number of hydrogen-bond donors (Lipinski definition) is 1. The SMILES string of the molecule is COCCCOCCOCc1cnc(N)s1. The van der Waals surface area contributed by atoms with Crippen LogP contribution in [0, 0.1) is 0 Å². The largest absolute Gasteiger partial charge is 0.385 e. The molecular weight excluding hydrogens is 228 g/mol. The van der Waals surface area contributed by atoms with Gasteiger partial charge >= 0.3 is 0 Å². The second-order valence-corrected chi connectivity index (χ2v) is 4.32. The average Bonchev–Trinajstić information content (AvgIpc) is 2.68. The second-order valence-electron chi connectivity index (χ2n) is 3.18. The minimum absolute atomic E-state index is 0.552. The van der Waals surface area contributed by atoms with Gasteiger partial charge in [0.2, 0.25) is 0 Å². The number of methoxy groups -OCH3 is 1. The summed E-state index contributed by atoms with van der Waals surface area (Å²) in [5, 5.41) is 0.578. The van der Waals surface area contributed by atoms with E-state index in [2.05, 4.69) is 4.98 Å². The van der Waals surface area contributed by atoms with Gasteiger partial charge in [0.25, 0.3) is 0 Å². The summed E-state index contributed by atoms with van der Waals surface area (Å²) in [6.45, 7) is 3.20. The summed E-state index contributed by atoms with van der Waals surface area (Å²) >= 11 is 1.45. The lowest BCUT2D eigenvalue weighted by Gasteiger charge is -2.04. The number of nitrogens with zero attached hydrogens (tertiary/aromatic N) is 1. The van der Waals surface area contributed by atoms with Crippen LogP contribution in [-0.4, -0.2) is 38.5 Å². The van der Waals surface area contributed by atoms with Crippen LogP contribution in [0.5, 0.6) is 0 Å². The Hall–Kier alpha value is -0.690. The fourth-order valence-corrected chi connectivity index (χ4v) is 1.71. The highest BCUT2D eigenvalue weighted by atomic mass is 32.1. The average molecular weight is 246 g/mol. The summed E-state index contributed by atoms with van der Waals surface area (Å²) in [5.41, 5.74) is 5.49. The van der Waals surface area contributed by atoms with Gasteiger partial charge in [0, 0.05) is 26.5 Å². The lowest BCUT2D eigenvalue weighted by molar-refractivity contribution is 0.0344. The van der Waals surface area contributed by atoms with E-state index in [-0.39, 0.29) is 0 Å². The van der Waals surface area contributed by atoms with Crippen LogP contribution >= 0.6 is 11.3 Å². The van der Waals surface area contributed by atoms with Crippen LogP contribution in [0.3, 0.4) is 0 Å². The summed E-state index contributed by atoms with van der Waals surface area (Å²) in [7, 11) is 1.68. The molecule has 0 saturated carbocycles. The first-order valence-corrected chi connectivity index (χ1v) is 5.99. The number of aromatic nitrogens is 1. The summed E-state index contributed by atoms with van der Waals surface area (Å²) in [5.74, 6) is 0. The molecule has 1 aromatic rings. The van der Waals surface area contributed by atoms with Gasteiger partial charge in [-0.1, -0.05) is 11.3 Å². The van der Waals surface area contributed by atoms with Gasteiger partial charge in [0.15, 0.2) is 5.13 Å². The van der Waals surface area contributed by atoms with Crippen molar-refractivity contribution in [2.75, 3.05) is 39.3 Å². The van der Waals surface area contributed by atoms with Crippen LogP contribution in [0.4, 0.5) is 5.13 Å². The van der Waals surface area contributed by atoms with Gasteiger partial charge in [-0.25, -0.2) is 4.98 Å². The van der Waals surface area contributed by atoms with Gasteiger partial charge in [-0.3, -0.25) is 0 Å². The number of thiazole rings is 1. The predicted octanol–water partition coefficient (Wildman–Crippen LogP) is 1.29. The predicted molar refractivity (Wildman–Crippen MR) is 63.5 cm³/mol. The van der Waals surface area contributed by atoms with E-state index in [1.165, 1.54) is 11.3 Å². The topological polar surface area (TPSA) is 66.6 Å². The third kappa shape index (κ3) is 6.02. The number of rotatable bonds is 9. The van der Waals surface area contributed by atoms with Gasteiger partial charge in [0.1, 0.15) is 0 Å². The molecule has 0 bridgehead atoms. The summed E-state index contributed by atoms with van der Waals surface area (Å²) in [4.78, 5) is 4.98. The molecule has 1 aromatic heterocycles. The summed E-state index contributed by atoms with van der Waals surface area (Å²) in [6, 6.07) is 0. The van der Waals surface area contributed by atoms with Crippen molar-refractivity contribution in [2.24, 2.45) is 0 Å². The monoisotopic (exact) mass is 246 g/mol. The van der Waals surface area contributed by atoms with Crippen molar-refractivity contribution in [3.8, 4) is 0 Å². The van der Waals surface area contributed by atoms with E-state index < -0.39 is 0 Å². The lowest BCUT2D eigenvalue weighted by Crippen LogP contribution is -2.06. The summed E-state index contributed by atoms with van der Waals surface area (Å²) < 4.78 is 15.6. The minimum Gasteiger partial charge on any atom is -0.385 e. The van der Waals surface area contributed by atoms with Gasteiger partial charge < -0.3 is 19.9 Å². The molecule has 0 radical (unpaired) electrons. The molecule has 0 unspecified atom stereocenters. The zero-order valence-electron chi connectivity index (χ0n) is 9.48. The van der Waals surface area contributed by atoms with Crippen molar-refractivity contribution in [1.82, 2.24) is 4.98 Å². The molecule has 0 aromatic carbocycles. The molecule has 92 valence electrons. The van der Waals surface area contributed by atoms with E-state index in [0.29, 0.717) is 31.6 Å². The molecule has 0 saturated heterocycles. The van der Waals surface area contributed by atoms with E-state index in [4.69, 9.17) is 19.9 Å². The first-order valence-electron chi connectivity index (χ1n) is 5.17. The lowest BCUT2D eigenvalue weighted by atomic mass is 10.5. The highest BCUT2D eigenvalue weighted by Gasteiger charge is 1.98. The molecule has 6 heteroatoms. The number of hydrogen-bond acceptors (Lipinski definition) is 6. The van der Waals surface area contributed by atoms with Crippen LogP contribution in [0.2, 0.25) is 0 Å². The van der Waals surface area contributed by atoms with E-state index in [1.807, 2.05) is 0 Å². The molecule has 5 nitrogen and oxygen atoms in total.